The van der Waals surface area contributed by atoms with Crippen LogP contribution in [0.3, 0.4) is 0 Å². The van der Waals surface area contributed by atoms with E-state index in [1.165, 1.54) is 13.0 Å². The monoisotopic (exact) mass is 407 g/mol. The molecular weight excluding hydrogens is 389 g/mol. The van der Waals surface area contributed by atoms with Gasteiger partial charge in [0, 0.05) is 6.54 Å². The first kappa shape index (κ1) is 21.1. The third-order valence-electron chi connectivity index (χ3n) is 2.96. The van der Waals surface area contributed by atoms with E-state index in [4.69, 9.17) is 33.0 Å². The summed E-state index contributed by atoms with van der Waals surface area (Å²) in [5.74, 6) is 0. The summed E-state index contributed by atoms with van der Waals surface area (Å²) in [5, 5.41) is 27.9. The van der Waals surface area contributed by atoms with Crippen LogP contribution in [0, 0.1) is 0 Å². The largest absolute Gasteiger partial charge is 0.394 e. The molecule has 0 saturated heterocycles. The Balaban J connectivity index is 2.56. The van der Waals surface area contributed by atoms with Crippen molar-refractivity contribution in [3.8, 4) is 0 Å². The van der Waals surface area contributed by atoms with Crippen molar-refractivity contribution in [2.45, 2.75) is 42.5 Å². The van der Waals surface area contributed by atoms with Gasteiger partial charge in [0.1, 0.15) is 20.8 Å². The second-order valence-corrected chi connectivity index (χ2v) is 8.99. The van der Waals surface area contributed by atoms with Crippen LogP contribution in [0.25, 0.3) is 0 Å². The number of thiophene rings is 1. The van der Waals surface area contributed by atoms with E-state index < -0.39 is 41.0 Å². The van der Waals surface area contributed by atoms with Gasteiger partial charge >= 0.3 is 0 Å². The molecule has 0 radical (unpaired) electrons. The molecule has 0 aliphatic carbocycles. The van der Waals surface area contributed by atoms with Gasteiger partial charge in [0.05, 0.1) is 23.8 Å². The molecule has 1 aromatic heterocycles. The van der Waals surface area contributed by atoms with Crippen LogP contribution in [0.2, 0.25) is 9.36 Å². The second kappa shape index (κ2) is 8.93. The van der Waals surface area contributed by atoms with E-state index in [1.807, 2.05) is 0 Å². The van der Waals surface area contributed by atoms with Crippen LogP contribution in [-0.2, 0) is 14.8 Å². The minimum Gasteiger partial charge on any atom is -0.394 e. The molecule has 4 atom stereocenters. The fraction of sp³-hybridized carbons (Fsp3) is 0.667. The van der Waals surface area contributed by atoms with Crippen molar-refractivity contribution in [2.24, 2.45) is 0 Å². The number of nitrogens with one attached hydrogen (secondary N) is 1. The summed E-state index contributed by atoms with van der Waals surface area (Å²) < 4.78 is 32.1. The lowest BCUT2D eigenvalue weighted by Gasteiger charge is -2.26. The Hall–Kier alpha value is 0.0300. The zero-order valence-corrected chi connectivity index (χ0v) is 15.6. The summed E-state index contributed by atoms with van der Waals surface area (Å²) in [5.41, 5.74) is 0. The van der Waals surface area contributed by atoms with Gasteiger partial charge in [-0.2, -0.15) is 0 Å². The lowest BCUT2D eigenvalue weighted by atomic mass is 10.1. The van der Waals surface area contributed by atoms with Crippen molar-refractivity contribution >= 4 is 44.6 Å². The maximum atomic E-state index is 12.1. The lowest BCUT2D eigenvalue weighted by molar-refractivity contribution is -0.111. The first-order chi connectivity index (χ1) is 10.6. The Kier molecular flexibility index (Phi) is 8.18. The summed E-state index contributed by atoms with van der Waals surface area (Å²) in [4.78, 5) is 0. The molecule has 4 N–H and O–H groups in total. The summed E-state index contributed by atoms with van der Waals surface area (Å²) in [6, 6.07) is 1.26. The molecule has 0 aliphatic rings. The minimum atomic E-state index is -3.77. The van der Waals surface area contributed by atoms with Crippen LogP contribution in [0.4, 0.5) is 0 Å². The molecule has 0 aromatic carbocycles. The van der Waals surface area contributed by atoms with Gasteiger partial charge in [0.15, 0.2) is 0 Å². The van der Waals surface area contributed by atoms with Crippen LogP contribution >= 0.6 is 34.5 Å². The molecule has 7 nitrogen and oxygen atoms in total. The van der Waals surface area contributed by atoms with Gasteiger partial charge in [0.25, 0.3) is 0 Å². The second-order valence-electron chi connectivity index (χ2n) is 4.93. The van der Waals surface area contributed by atoms with Gasteiger partial charge in [-0.1, -0.05) is 23.2 Å². The summed E-state index contributed by atoms with van der Waals surface area (Å²) in [6.45, 7) is 2.45. The highest BCUT2D eigenvalue weighted by molar-refractivity contribution is 7.91. The molecule has 1 aromatic rings. The highest BCUT2D eigenvalue weighted by atomic mass is 35.5. The fourth-order valence-electron chi connectivity index (χ4n) is 1.67. The molecule has 0 saturated carbocycles. The summed E-state index contributed by atoms with van der Waals surface area (Å²) in [6.07, 6.45) is -3.98. The van der Waals surface area contributed by atoms with Crippen molar-refractivity contribution < 1.29 is 28.5 Å². The molecule has 0 spiro atoms. The summed E-state index contributed by atoms with van der Waals surface area (Å²) >= 11 is 12.3. The van der Waals surface area contributed by atoms with Crippen LogP contribution in [0.1, 0.15) is 13.8 Å². The Morgan fingerprint density at radius 2 is 1.96 bits per heavy atom. The molecule has 0 bridgehead atoms. The molecule has 0 aliphatic heterocycles. The zero-order chi connectivity index (χ0) is 17.8. The predicted molar refractivity (Wildman–Crippen MR) is 88.6 cm³/mol. The van der Waals surface area contributed by atoms with Crippen molar-refractivity contribution in [1.82, 2.24) is 4.72 Å². The fourth-order valence-corrected chi connectivity index (χ4v) is 4.71. The van der Waals surface area contributed by atoms with Crippen LogP contribution < -0.4 is 4.72 Å². The van der Waals surface area contributed by atoms with Gasteiger partial charge < -0.3 is 20.1 Å². The molecule has 23 heavy (non-hydrogen) atoms. The Morgan fingerprint density at radius 1 is 1.35 bits per heavy atom. The smallest absolute Gasteiger partial charge is 0.250 e. The third kappa shape index (κ3) is 6.11. The highest BCUT2D eigenvalue weighted by Crippen LogP contribution is 2.34. The van der Waals surface area contributed by atoms with E-state index in [0.717, 1.165) is 11.3 Å². The molecule has 0 fully saturated rings. The Bertz CT molecular complexity index is 589. The van der Waals surface area contributed by atoms with E-state index in [1.54, 1.807) is 6.92 Å². The zero-order valence-electron chi connectivity index (χ0n) is 12.4. The molecule has 0 amide bonds. The molecule has 1 heterocycles. The lowest BCUT2D eigenvalue weighted by Crippen LogP contribution is -2.42. The maximum absolute atomic E-state index is 12.1. The van der Waals surface area contributed by atoms with Gasteiger partial charge in [-0.25, -0.2) is 13.1 Å². The topological polar surface area (TPSA) is 116 Å². The van der Waals surface area contributed by atoms with E-state index in [0.29, 0.717) is 0 Å². The minimum absolute atomic E-state index is 0.0107. The first-order valence-electron chi connectivity index (χ1n) is 6.65. The Morgan fingerprint density at radius 3 is 2.43 bits per heavy atom. The van der Waals surface area contributed by atoms with Gasteiger partial charge in [-0.05, 0) is 19.9 Å². The molecule has 2 unspecified atom stereocenters. The van der Waals surface area contributed by atoms with Crippen LogP contribution in [0.15, 0.2) is 10.3 Å². The normalized spacial score (nSPS) is 17.7. The number of hydrogen-bond acceptors (Lipinski definition) is 7. The first-order valence-corrected chi connectivity index (χ1v) is 9.71. The third-order valence-corrected chi connectivity index (χ3v) is 6.72. The summed E-state index contributed by atoms with van der Waals surface area (Å²) in [7, 11) is -3.77. The molecule has 11 heteroatoms. The Labute approximate surface area is 148 Å². The average molecular weight is 408 g/mol. The van der Waals surface area contributed by atoms with E-state index in [-0.39, 0.29) is 20.1 Å². The van der Waals surface area contributed by atoms with Gasteiger partial charge in [-0.3, -0.25) is 0 Å². The van der Waals surface area contributed by atoms with E-state index in [2.05, 4.69) is 4.72 Å². The number of hydrogen-bond donors (Lipinski definition) is 4. The highest BCUT2D eigenvalue weighted by Gasteiger charge is 2.25. The molecular formula is C12H19Cl2NO6S2. The van der Waals surface area contributed by atoms with Gasteiger partial charge in [-0.15, -0.1) is 11.3 Å². The average Bonchev–Trinajstić information content (AvgIpc) is 2.84. The number of rotatable bonds is 9. The molecule has 134 valence electrons. The predicted octanol–water partition coefficient (Wildman–Crippen LogP) is 0.841. The van der Waals surface area contributed by atoms with Crippen molar-refractivity contribution in [1.29, 1.82) is 0 Å². The number of sulfonamides is 1. The van der Waals surface area contributed by atoms with Crippen molar-refractivity contribution in [3.05, 3.63) is 15.4 Å². The van der Waals surface area contributed by atoms with Crippen LogP contribution in [-0.4, -0.2) is 61.3 Å². The number of ether oxygens (including phenoxy) is 1. The van der Waals surface area contributed by atoms with E-state index >= 15 is 0 Å². The quantitative estimate of drug-likeness (QED) is 0.481. The number of aliphatic hydroxyl groups excluding tert-OH is 3. The maximum Gasteiger partial charge on any atom is 0.250 e. The SMILES string of the molecule is CC(O[C@@H](C)CNS(=O)(=O)c1cc(Cl)c(Cl)s1)C(O)[C@H](O)CO. The molecule has 1 rings (SSSR count). The van der Waals surface area contributed by atoms with E-state index in [9.17, 15) is 18.6 Å². The van der Waals surface area contributed by atoms with Crippen molar-refractivity contribution in [3.63, 3.8) is 0 Å². The number of aliphatic hydroxyl groups is 3. The van der Waals surface area contributed by atoms with Crippen LogP contribution in [0.5, 0.6) is 0 Å². The number of halogens is 2. The standard InChI is InChI=1S/C12H19Cl2NO6S2/c1-6(21-7(2)11(18)9(17)5-16)4-15-23(19,20)10-3-8(13)12(14)22-10/h3,6-7,9,11,15-18H,4-5H2,1-2H3/t6-,7?,9+,11?/m0/s1. The van der Waals surface area contributed by atoms with Gasteiger partial charge in [0.2, 0.25) is 10.0 Å². The van der Waals surface area contributed by atoms with Crippen molar-refractivity contribution in [2.75, 3.05) is 13.2 Å².